The first-order chi connectivity index (χ1) is 19.1. The highest BCUT2D eigenvalue weighted by atomic mass is 16.5. The largest absolute Gasteiger partial charge is 0.465 e. The molecule has 0 spiro atoms. The Labute approximate surface area is 247 Å². The van der Waals surface area contributed by atoms with E-state index in [0.717, 1.165) is 12.8 Å². The predicted molar refractivity (Wildman–Crippen MR) is 165 cm³/mol. The van der Waals surface area contributed by atoms with Crippen molar-refractivity contribution in [3.8, 4) is 0 Å². The second-order valence-electron chi connectivity index (χ2n) is 12.9. The highest BCUT2D eigenvalue weighted by Crippen LogP contribution is 2.38. The van der Waals surface area contributed by atoms with Gasteiger partial charge in [-0.25, -0.2) is 0 Å². The summed E-state index contributed by atoms with van der Waals surface area (Å²) in [7, 11) is 0. The Kier molecular flexibility index (Phi) is 23.8. The van der Waals surface area contributed by atoms with Crippen LogP contribution < -0.4 is 0 Å². The van der Waals surface area contributed by atoms with Gasteiger partial charge < -0.3 is 19.7 Å². The van der Waals surface area contributed by atoms with Crippen LogP contribution in [0, 0.1) is 10.8 Å². The lowest BCUT2D eigenvalue weighted by Crippen LogP contribution is -2.38. The van der Waals surface area contributed by atoms with E-state index in [-0.39, 0.29) is 25.2 Å². The standard InChI is InChI=1S/C34H66O6/c1-6-8-9-10-11-12-13-14-15-16-17-18-19-20-21-23-26-40-32(38)34(5,7-2)29-33(3,4)31(37)39-27-24-22-25-30(36)28-35/h30,35-36H,6-29H2,1-5H3. The molecule has 0 heterocycles. The molecule has 0 aromatic heterocycles. The molecule has 6 heteroatoms. The summed E-state index contributed by atoms with van der Waals surface area (Å²) in [6, 6.07) is 0. The first-order valence-electron chi connectivity index (χ1n) is 16.8. The highest BCUT2D eigenvalue weighted by Gasteiger charge is 2.42. The van der Waals surface area contributed by atoms with Crippen molar-refractivity contribution >= 4 is 11.9 Å². The summed E-state index contributed by atoms with van der Waals surface area (Å²) in [5.74, 6) is -0.546. The fraction of sp³-hybridized carbons (Fsp3) is 0.941. The van der Waals surface area contributed by atoms with E-state index in [0.29, 0.717) is 38.7 Å². The number of rotatable bonds is 28. The number of ether oxygens (including phenoxy) is 2. The third kappa shape index (κ3) is 19.9. The van der Waals surface area contributed by atoms with Crippen molar-refractivity contribution in [3.05, 3.63) is 0 Å². The zero-order valence-corrected chi connectivity index (χ0v) is 27.1. The van der Waals surface area contributed by atoms with Gasteiger partial charge in [-0.05, 0) is 59.3 Å². The summed E-state index contributed by atoms with van der Waals surface area (Å²) in [6.45, 7) is 10.2. The minimum absolute atomic E-state index is 0.227. The summed E-state index contributed by atoms with van der Waals surface area (Å²) in [4.78, 5) is 25.6. The number of aliphatic hydroxyl groups is 2. The third-order valence-electron chi connectivity index (χ3n) is 8.26. The Bertz CT molecular complexity index is 620. The summed E-state index contributed by atoms with van der Waals surface area (Å²) >= 11 is 0. The first-order valence-corrected chi connectivity index (χ1v) is 16.8. The molecule has 0 aromatic carbocycles. The molecule has 2 atom stereocenters. The number of hydrogen-bond acceptors (Lipinski definition) is 6. The number of esters is 2. The summed E-state index contributed by atoms with van der Waals surface area (Å²) in [5, 5.41) is 18.3. The van der Waals surface area contributed by atoms with Gasteiger partial charge >= 0.3 is 11.9 Å². The van der Waals surface area contributed by atoms with Crippen molar-refractivity contribution in [2.24, 2.45) is 10.8 Å². The maximum absolute atomic E-state index is 12.9. The molecule has 0 saturated heterocycles. The average molecular weight is 571 g/mol. The van der Waals surface area contributed by atoms with Crippen molar-refractivity contribution < 1.29 is 29.3 Å². The molecule has 0 bridgehead atoms. The number of unbranched alkanes of at least 4 members (excludes halogenated alkanes) is 16. The van der Waals surface area contributed by atoms with E-state index in [9.17, 15) is 14.7 Å². The molecular weight excluding hydrogens is 504 g/mol. The molecule has 0 radical (unpaired) electrons. The van der Waals surface area contributed by atoms with E-state index < -0.39 is 16.9 Å². The molecule has 0 aliphatic heterocycles. The van der Waals surface area contributed by atoms with Gasteiger partial charge in [-0.1, -0.05) is 110 Å². The van der Waals surface area contributed by atoms with E-state index in [4.69, 9.17) is 14.6 Å². The Balaban J connectivity index is 3.95. The molecule has 238 valence electrons. The van der Waals surface area contributed by atoms with Crippen LogP contribution in [0.1, 0.15) is 169 Å². The molecule has 2 N–H and O–H groups in total. The predicted octanol–water partition coefficient (Wildman–Crippen LogP) is 8.69. The summed E-state index contributed by atoms with van der Waals surface area (Å²) < 4.78 is 11.1. The van der Waals surface area contributed by atoms with Crippen LogP contribution in [0.15, 0.2) is 0 Å². The number of carbonyl (C=O) groups is 2. The normalized spacial score (nSPS) is 14.1. The molecule has 2 unspecified atom stereocenters. The Hall–Kier alpha value is -1.14. The van der Waals surface area contributed by atoms with Crippen LogP contribution >= 0.6 is 0 Å². The van der Waals surface area contributed by atoms with Crippen LogP contribution in [0.3, 0.4) is 0 Å². The van der Waals surface area contributed by atoms with Gasteiger partial charge in [0.15, 0.2) is 0 Å². The number of hydrogen-bond donors (Lipinski definition) is 2. The maximum atomic E-state index is 12.9. The molecule has 0 aliphatic carbocycles. The molecule has 0 fully saturated rings. The first kappa shape index (κ1) is 38.9. The minimum atomic E-state index is -0.803. The molecule has 0 aromatic rings. The van der Waals surface area contributed by atoms with Gasteiger partial charge in [0, 0.05) is 0 Å². The van der Waals surface area contributed by atoms with Crippen molar-refractivity contribution in [3.63, 3.8) is 0 Å². The van der Waals surface area contributed by atoms with Crippen molar-refractivity contribution in [2.75, 3.05) is 19.8 Å². The summed E-state index contributed by atoms with van der Waals surface area (Å²) in [5.41, 5.74) is -1.54. The third-order valence-corrected chi connectivity index (χ3v) is 8.26. The molecule has 0 rings (SSSR count). The number of aliphatic hydroxyl groups excluding tert-OH is 2. The van der Waals surface area contributed by atoms with E-state index in [2.05, 4.69) is 6.92 Å². The molecule has 0 amide bonds. The van der Waals surface area contributed by atoms with Gasteiger partial charge in [0.25, 0.3) is 0 Å². The van der Waals surface area contributed by atoms with Crippen LogP contribution in [0.2, 0.25) is 0 Å². The van der Waals surface area contributed by atoms with Gasteiger partial charge in [-0.2, -0.15) is 0 Å². The van der Waals surface area contributed by atoms with Crippen molar-refractivity contribution in [2.45, 2.75) is 176 Å². The lowest BCUT2D eigenvalue weighted by atomic mass is 9.72. The van der Waals surface area contributed by atoms with Crippen LogP contribution in [-0.4, -0.2) is 48.1 Å². The Morgan fingerprint density at radius 1 is 0.625 bits per heavy atom. The topological polar surface area (TPSA) is 93.1 Å². The van der Waals surface area contributed by atoms with E-state index in [1.54, 1.807) is 0 Å². The van der Waals surface area contributed by atoms with E-state index >= 15 is 0 Å². The SMILES string of the molecule is CCCCCCCCCCCCCCCCCCOC(=O)C(C)(CC)CC(C)(C)C(=O)OCCCCC(O)CO. The zero-order valence-electron chi connectivity index (χ0n) is 27.1. The van der Waals surface area contributed by atoms with Gasteiger partial charge in [0.2, 0.25) is 0 Å². The monoisotopic (exact) mass is 570 g/mol. The molecular formula is C34H66O6. The molecule has 0 aliphatic rings. The maximum Gasteiger partial charge on any atom is 0.311 e. The van der Waals surface area contributed by atoms with Gasteiger partial charge in [0.05, 0.1) is 36.8 Å². The second kappa shape index (κ2) is 24.5. The van der Waals surface area contributed by atoms with E-state index in [1.807, 2.05) is 27.7 Å². The number of carbonyl (C=O) groups excluding carboxylic acids is 2. The van der Waals surface area contributed by atoms with Crippen molar-refractivity contribution in [1.82, 2.24) is 0 Å². The summed E-state index contributed by atoms with van der Waals surface area (Å²) in [6.07, 6.45) is 23.0. The fourth-order valence-corrected chi connectivity index (χ4v) is 5.31. The van der Waals surface area contributed by atoms with Gasteiger partial charge in [0.1, 0.15) is 0 Å². The highest BCUT2D eigenvalue weighted by molar-refractivity contribution is 5.80. The average Bonchev–Trinajstić information content (AvgIpc) is 2.93. The van der Waals surface area contributed by atoms with Crippen LogP contribution in [0.4, 0.5) is 0 Å². The van der Waals surface area contributed by atoms with Crippen LogP contribution in [0.25, 0.3) is 0 Å². The zero-order chi connectivity index (χ0) is 30.1. The smallest absolute Gasteiger partial charge is 0.311 e. The quantitative estimate of drug-likeness (QED) is 0.0722. The van der Waals surface area contributed by atoms with Crippen molar-refractivity contribution in [1.29, 1.82) is 0 Å². The van der Waals surface area contributed by atoms with E-state index in [1.165, 1.54) is 89.9 Å². The Morgan fingerprint density at radius 2 is 1.02 bits per heavy atom. The Morgan fingerprint density at radius 3 is 1.45 bits per heavy atom. The lowest BCUT2D eigenvalue weighted by Gasteiger charge is -2.33. The minimum Gasteiger partial charge on any atom is -0.465 e. The van der Waals surface area contributed by atoms with Gasteiger partial charge in [-0.15, -0.1) is 0 Å². The lowest BCUT2D eigenvalue weighted by molar-refractivity contribution is -0.163. The molecule has 6 nitrogen and oxygen atoms in total. The van der Waals surface area contributed by atoms with Crippen LogP contribution in [-0.2, 0) is 19.1 Å². The fourth-order valence-electron chi connectivity index (χ4n) is 5.31. The molecule has 0 saturated carbocycles. The van der Waals surface area contributed by atoms with Gasteiger partial charge in [-0.3, -0.25) is 9.59 Å². The second-order valence-corrected chi connectivity index (χ2v) is 12.9. The molecule has 40 heavy (non-hydrogen) atoms. The van der Waals surface area contributed by atoms with Crippen LogP contribution in [0.5, 0.6) is 0 Å².